The Balaban J connectivity index is 1.20. The number of allylic oxidation sites excluding steroid dienone is 1. The van der Waals surface area contributed by atoms with Crippen molar-refractivity contribution in [2.45, 2.75) is 17.7 Å². The van der Waals surface area contributed by atoms with Crippen LogP contribution in [0.5, 0.6) is 0 Å². The van der Waals surface area contributed by atoms with Gasteiger partial charge < -0.3 is 10.2 Å². The van der Waals surface area contributed by atoms with E-state index in [2.05, 4.69) is 22.9 Å². The first-order chi connectivity index (χ1) is 15.4. The van der Waals surface area contributed by atoms with Crippen molar-refractivity contribution in [2.75, 3.05) is 31.5 Å². The second kappa shape index (κ2) is 8.18. The molecule has 0 radical (unpaired) electrons. The summed E-state index contributed by atoms with van der Waals surface area (Å²) in [4.78, 5) is 19.3. The molecule has 1 amide bonds. The van der Waals surface area contributed by atoms with E-state index in [9.17, 15) is 13.2 Å². The van der Waals surface area contributed by atoms with Crippen molar-refractivity contribution in [1.82, 2.24) is 14.2 Å². The minimum absolute atomic E-state index is 0.0407. The van der Waals surface area contributed by atoms with Gasteiger partial charge in [0.15, 0.2) is 0 Å². The normalized spacial score (nSPS) is 23.2. The lowest BCUT2D eigenvalue weighted by Crippen LogP contribution is -2.35. The fraction of sp³-hybridized carbons (Fsp3) is 0.333. The van der Waals surface area contributed by atoms with Crippen LogP contribution in [0.2, 0.25) is 0 Å². The van der Waals surface area contributed by atoms with Crippen molar-refractivity contribution < 1.29 is 13.2 Å². The number of pyridine rings is 1. The van der Waals surface area contributed by atoms with E-state index >= 15 is 0 Å². The summed E-state index contributed by atoms with van der Waals surface area (Å²) in [7, 11) is -3.48. The number of hydrogen-bond donors (Lipinski definition) is 1. The molecule has 2 fully saturated rings. The zero-order valence-electron chi connectivity index (χ0n) is 17.8. The summed E-state index contributed by atoms with van der Waals surface area (Å²) in [6.45, 7) is 6.04. The van der Waals surface area contributed by atoms with Gasteiger partial charge in [0, 0.05) is 44.1 Å². The Labute approximate surface area is 188 Å². The van der Waals surface area contributed by atoms with E-state index in [4.69, 9.17) is 0 Å². The number of rotatable bonds is 4. The highest BCUT2D eigenvalue weighted by Gasteiger charge is 2.45. The standard InChI is InChI=1S/C24H26N4O3S/c1-17-7-9-19-11-18(12-25-24(19)26-17)8-10-23(29)27-13-20-15-28(16-21(20)14-27)32(30,31)22-5-3-2-4-6-22/h2-6,8,10-12,20-21H,1,7,9,13-16H2,(H,25,26)/b10-8+/t20-,21+. The fourth-order valence-corrected chi connectivity index (χ4v) is 6.35. The summed E-state index contributed by atoms with van der Waals surface area (Å²) in [5.74, 6) is 1.15. The number of aryl methyl sites for hydroxylation is 1. The zero-order valence-corrected chi connectivity index (χ0v) is 18.6. The van der Waals surface area contributed by atoms with E-state index in [1.54, 1.807) is 46.9 Å². The first-order valence-electron chi connectivity index (χ1n) is 10.9. The highest BCUT2D eigenvalue weighted by atomic mass is 32.2. The van der Waals surface area contributed by atoms with E-state index in [1.165, 1.54) is 0 Å². The summed E-state index contributed by atoms with van der Waals surface area (Å²) < 4.78 is 27.3. The molecule has 1 N–H and O–H groups in total. The Bertz CT molecular complexity index is 1180. The third-order valence-corrected chi connectivity index (χ3v) is 8.39. The van der Waals surface area contributed by atoms with Gasteiger partial charge in [0.2, 0.25) is 15.9 Å². The van der Waals surface area contributed by atoms with Gasteiger partial charge >= 0.3 is 0 Å². The van der Waals surface area contributed by atoms with Crippen molar-refractivity contribution in [3.8, 4) is 0 Å². The number of fused-ring (bicyclic) bond motifs is 2. The van der Waals surface area contributed by atoms with Crippen LogP contribution in [0.15, 0.2) is 65.8 Å². The smallest absolute Gasteiger partial charge is 0.246 e. The van der Waals surface area contributed by atoms with Crippen LogP contribution in [0, 0.1) is 11.8 Å². The molecule has 3 aliphatic heterocycles. The molecule has 32 heavy (non-hydrogen) atoms. The maximum atomic E-state index is 12.9. The lowest BCUT2D eigenvalue weighted by molar-refractivity contribution is -0.125. The van der Waals surface area contributed by atoms with Gasteiger partial charge in [-0.2, -0.15) is 4.31 Å². The van der Waals surface area contributed by atoms with Crippen LogP contribution in [-0.2, 0) is 21.2 Å². The van der Waals surface area contributed by atoms with Crippen LogP contribution in [0.1, 0.15) is 17.5 Å². The van der Waals surface area contributed by atoms with Gasteiger partial charge in [-0.1, -0.05) is 24.8 Å². The molecule has 1 aromatic carbocycles. The fourth-order valence-electron chi connectivity index (χ4n) is 4.78. The van der Waals surface area contributed by atoms with Crippen LogP contribution < -0.4 is 5.32 Å². The van der Waals surface area contributed by atoms with Gasteiger partial charge in [0.25, 0.3) is 0 Å². The van der Waals surface area contributed by atoms with Gasteiger partial charge in [-0.25, -0.2) is 13.4 Å². The Kier molecular flexibility index (Phi) is 5.35. The van der Waals surface area contributed by atoms with Crippen molar-refractivity contribution in [3.63, 3.8) is 0 Å². The van der Waals surface area contributed by atoms with Gasteiger partial charge in [-0.15, -0.1) is 0 Å². The van der Waals surface area contributed by atoms with Crippen LogP contribution in [0.4, 0.5) is 5.82 Å². The Morgan fingerprint density at radius 2 is 1.81 bits per heavy atom. The summed E-state index contributed by atoms with van der Waals surface area (Å²) in [5, 5.41) is 3.19. The number of nitrogens with zero attached hydrogens (tertiary/aromatic N) is 3. The first kappa shape index (κ1) is 20.9. The van der Waals surface area contributed by atoms with E-state index in [-0.39, 0.29) is 17.7 Å². The van der Waals surface area contributed by atoms with Crippen molar-refractivity contribution in [2.24, 2.45) is 11.8 Å². The number of carbonyl (C=O) groups is 1. The second-order valence-corrected chi connectivity index (χ2v) is 10.7. The highest BCUT2D eigenvalue weighted by molar-refractivity contribution is 7.89. The zero-order chi connectivity index (χ0) is 22.3. The number of nitrogens with one attached hydrogen (secondary N) is 1. The highest BCUT2D eigenvalue weighted by Crippen LogP contribution is 2.34. The number of hydrogen-bond acceptors (Lipinski definition) is 5. The maximum absolute atomic E-state index is 12.9. The Hall–Kier alpha value is -2.97. The molecule has 2 atom stereocenters. The minimum atomic E-state index is -3.48. The third-order valence-electron chi connectivity index (χ3n) is 6.54. The molecular formula is C24H26N4O3S. The van der Waals surface area contributed by atoms with Crippen molar-refractivity contribution in [3.05, 3.63) is 72.1 Å². The van der Waals surface area contributed by atoms with E-state index in [0.717, 1.165) is 35.5 Å². The number of benzene rings is 1. The van der Waals surface area contributed by atoms with E-state index < -0.39 is 10.0 Å². The van der Waals surface area contributed by atoms with Crippen molar-refractivity contribution >= 4 is 27.8 Å². The number of likely N-dealkylation sites (tertiary alicyclic amines) is 1. The average molecular weight is 451 g/mol. The molecule has 0 bridgehead atoms. The molecular weight excluding hydrogens is 424 g/mol. The second-order valence-electron chi connectivity index (χ2n) is 8.74. The van der Waals surface area contributed by atoms with E-state index in [0.29, 0.717) is 31.1 Å². The molecule has 2 saturated heterocycles. The van der Waals surface area contributed by atoms with Gasteiger partial charge in [-0.3, -0.25) is 4.79 Å². The molecule has 0 spiro atoms. The summed E-state index contributed by atoms with van der Waals surface area (Å²) >= 11 is 0. The average Bonchev–Trinajstić information content (AvgIpc) is 3.38. The maximum Gasteiger partial charge on any atom is 0.246 e. The predicted molar refractivity (Wildman–Crippen MR) is 123 cm³/mol. The summed E-state index contributed by atoms with van der Waals surface area (Å²) in [6, 6.07) is 10.6. The molecule has 1 aromatic heterocycles. The molecule has 0 unspecified atom stereocenters. The van der Waals surface area contributed by atoms with Crippen LogP contribution in [-0.4, -0.2) is 54.7 Å². The molecule has 5 rings (SSSR count). The number of sulfonamides is 1. The van der Waals surface area contributed by atoms with Crippen molar-refractivity contribution in [1.29, 1.82) is 0 Å². The van der Waals surface area contributed by atoms with Crippen LogP contribution in [0.25, 0.3) is 6.08 Å². The number of anilines is 1. The summed E-state index contributed by atoms with van der Waals surface area (Å²) in [5.41, 5.74) is 2.99. The topological polar surface area (TPSA) is 82.6 Å². The third kappa shape index (κ3) is 3.96. The van der Waals surface area contributed by atoms with Gasteiger partial charge in [0.05, 0.1) is 4.90 Å². The predicted octanol–water partition coefficient (Wildman–Crippen LogP) is 2.75. The monoisotopic (exact) mass is 450 g/mol. The molecule has 8 heteroatoms. The molecule has 0 aliphatic carbocycles. The number of aromatic nitrogens is 1. The van der Waals surface area contributed by atoms with E-state index in [1.807, 2.05) is 11.0 Å². The number of amides is 1. The molecule has 166 valence electrons. The lowest BCUT2D eigenvalue weighted by Gasteiger charge is -2.21. The Morgan fingerprint density at radius 3 is 2.53 bits per heavy atom. The summed E-state index contributed by atoms with van der Waals surface area (Å²) in [6.07, 6.45) is 6.92. The lowest BCUT2D eigenvalue weighted by atomic mass is 10.0. The first-order valence-corrected chi connectivity index (χ1v) is 12.3. The number of carbonyl (C=O) groups excluding carboxylic acids is 1. The minimum Gasteiger partial charge on any atom is -0.344 e. The quantitative estimate of drug-likeness (QED) is 0.725. The van der Waals surface area contributed by atoms with Gasteiger partial charge in [-0.05, 0) is 60.1 Å². The Morgan fingerprint density at radius 1 is 1.09 bits per heavy atom. The molecule has 0 saturated carbocycles. The SMILES string of the molecule is C=C1CCc2cc(/C=C/C(=O)N3C[C@@H]4CN(S(=O)(=O)c5ccccc5)C[C@@H]4C3)cnc2N1. The largest absolute Gasteiger partial charge is 0.344 e. The molecule has 3 aliphatic rings. The molecule has 2 aromatic rings. The van der Waals surface area contributed by atoms with Crippen LogP contribution >= 0.6 is 0 Å². The van der Waals surface area contributed by atoms with Gasteiger partial charge in [0.1, 0.15) is 5.82 Å². The van der Waals surface area contributed by atoms with Crippen LogP contribution in [0.3, 0.4) is 0 Å². The molecule has 7 nitrogen and oxygen atoms in total. The molecule has 4 heterocycles.